The molecule has 0 bridgehead atoms. The molecule has 2 aromatic rings. The zero-order valence-corrected chi connectivity index (χ0v) is 10.1. The third-order valence-electron chi connectivity index (χ3n) is 1.80. The predicted octanol–water partition coefficient (Wildman–Crippen LogP) is 2.33. The maximum atomic E-state index is 13.1. The first-order valence-electron chi connectivity index (χ1n) is 4.57. The first kappa shape index (κ1) is 11.6. The molecule has 1 aromatic heterocycles. The van der Waals surface area contributed by atoms with Crippen molar-refractivity contribution < 1.29 is 9.13 Å². The van der Waals surface area contributed by atoms with Crippen LogP contribution in [0.15, 0.2) is 28.7 Å². The number of benzene rings is 1. The van der Waals surface area contributed by atoms with E-state index in [1.807, 2.05) is 0 Å². The maximum absolute atomic E-state index is 13.1. The highest BCUT2D eigenvalue weighted by Gasteiger charge is 2.05. The van der Waals surface area contributed by atoms with E-state index in [1.54, 1.807) is 6.07 Å². The molecular formula is C10H8BrFN4O. The standard InChI is InChI=1S/C10H8BrFN4O/c11-5-1-6(12)3-7(2-5)17-9-4-8(13)15-10(14)16-9/h1-4H,(H4,13,14,15,16). The second-order valence-corrected chi connectivity index (χ2v) is 4.11. The molecule has 1 aromatic carbocycles. The van der Waals surface area contributed by atoms with Crippen LogP contribution in [-0.4, -0.2) is 9.97 Å². The van der Waals surface area contributed by atoms with Gasteiger partial charge >= 0.3 is 0 Å². The van der Waals surface area contributed by atoms with E-state index < -0.39 is 5.82 Å². The molecule has 1 heterocycles. The Morgan fingerprint density at radius 3 is 2.53 bits per heavy atom. The molecule has 0 radical (unpaired) electrons. The van der Waals surface area contributed by atoms with Crippen LogP contribution in [0.1, 0.15) is 0 Å². The van der Waals surface area contributed by atoms with E-state index in [-0.39, 0.29) is 23.4 Å². The second-order valence-electron chi connectivity index (χ2n) is 3.20. The molecule has 7 heteroatoms. The van der Waals surface area contributed by atoms with E-state index in [9.17, 15) is 4.39 Å². The van der Waals surface area contributed by atoms with Crippen molar-refractivity contribution in [3.8, 4) is 11.6 Å². The quantitative estimate of drug-likeness (QED) is 0.888. The van der Waals surface area contributed by atoms with Crippen LogP contribution in [0.2, 0.25) is 0 Å². The number of nitrogens with two attached hydrogens (primary N) is 2. The largest absolute Gasteiger partial charge is 0.439 e. The van der Waals surface area contributed by atoms with Crippen LogP contribution in [-0.2, 0) is 0 Å². The second kappa shape index (κ2) is 4.54. The monoisotopic (exact) mass is 298 g/mol. The highest BCUT2D eigenvalue weighted by molar-refractivity contribution is 9.10. The van der Waals surface area contributed by atoms with Gasteiger partial charge < -0.3 is 16.2 Å². The van der Waals surface area contributed by atoms with E-state index in [4.69, 9.17) is 16.2 Å². The molecule has 0 spiro atoms. The average molecular weight is 299 g/mol. The highest BCUT2D eigenvalue weighted by atomic mass is 79.9. The minimum Gasteiger partial charge on any atom is -0.439 e. The van der Waals surface area contributed by atoms with Gasteiger partial charge in [0.25, 0.3) is 0 Å². The van der Waals surface area contributed by atoms with Gasteiger partial charge in [-0.15, -0.1) is 0 Å². The molecular weight excluding hydrogens is 291 g/mol. The molecule has 2 rings (SSSR count). The molecule has 0 aliphatic rings. The SMILES string of the molecule is Nc1cc(Oc2cc(F)cc(Br)c2)nc(N)n1. The fraction of sp³-hybridized carbons (Fsp3) is 0. The van der Waals surface area contributed by atoms with Gasteiger partial charge in [0.05, 0.1) is 0 Å². The fourth-order valence-corrected chi connectivity index (χ4v) is 1.67. The first-order valence-corrected chi connectivity index (χ1v) is 5.36. The third kappa shape index (κ3) is 3.04. The molecule has 5 nitrogen and oxygen atoms in total. The number of anilines is 2. The fourth-order valence-electron chi connectivity index (χ4n) is 1.22. The third-order valence-corrected chi connectivity index (χ3v) is 2.26. The normalized spacial score (nSPS) is 10.2. The molecule has 4 N–H and O–H groups in total. The molecule has 88 valence electrons. The van der Waals surface area contributed by atoms with Gasteiger partial charge in [0, 0.05) is 16.6 Å². The molecule has 0 saturated heterocycles. The summed E-state index contributed by atoms with van der Waals surface area (Å²) in [6, 6.07) is 5.53. The van der Waals surface area contributed by atoms with Crippen molar-refractivity contribution >= 4 is 27.7 Å². The summed E-state index contributed by atoms with van der Waals surface area (Å²) in [7, 11) is 0. The van der Waals surface area contributed by atoms with Crippen LogP contribution >= 0.6 is 15.9 Å². The Bertz CT molecular complexity index is 474. The lowest BCUT2D eigenvalue weighted by Gasteiger charge is -2.06. The predicted molar refractivity (Wildman–Crippen MR) is 65.0 cm³/mol. The maximum Gasteiger partial charge on any atom is 0.226 e. The summed E-state index contributed by atoms with van der Waals surface area (Å²) in [6.45, 7) is 0. The molecule has 0 amide bonds. The number of hydrogen-bond donors (Lipinski definition) is 2. The Morgan fingerprint density at radius 2 is 1.88 bits per heavy atom. The van der Waals surface area contributed by atoms with Gasteiger partial charge in [0.15, 0.2) is 0 Å². The van der Waals surface area contributed by atoms with Crippen LogP contribution in [0.3, 0.4) is 0 Å². The lowest BCUT2D eigenvalue weighted by atomic mass is 10.3. The smallest absolute Gasteiger partial charge is 0.226 e. The number of nitrogen functional groups attached to an aromatic ring is 2. The summed E-state index contributed by atoms with van der Waals surface area (Å²) in [5, 5.41) is 0. The van der Waals surface area contributed by atoms with Crippen molar-refractivity contribution in [2.24, 2.45) is 0 Å². The van der Waals surface area contributed by atoms with Crippen molar-refractivity contribution in [1.82, 2.24) is 9.97 Å². The topological polar surface area (TPSA) is 87.0 Å². The molecule has 0 aliphatic carbocycles. The number of halogens is 2. The zero-order chi connectivity index (χ0) is 12.4. The van der Waals surface area contributed by atoms with Crippen LogP contribution < -0.4 is 16.2 Å². The van der Waals surface area contributed by atoms with Crippen molar-refractivity contribution in [2.45, 2.75) is 0 Å². The van der Waals surface area contributed by atoms with E-state index in [1.165, 1.54) is 18.2 Å². The van der Waals surface area contributed by atoms with Gasteiger partial charge in [-0.3, -0.25) is 0 Å². The number of rotatable bonds is 2. The number of ether oxygens (including phenoxy) is 1. The van der Waals surface area contributed by atoms with Crippen molar-refractivity contribution in [2.75, 3.05) is 11.5 Å². The Balaban J connectivity index is 2.31. The molecule has 0 saturated carbocycles. The summed E-state index contributed by atoms with van der Waals surface area (Å²) in [4.78, 5) is 7.51. The molecule has 0 atom stereocenters. The van der Waals surface area contributed by atoms with Crippen LogP contribution in [0.5, 0.6) is 11.6 Å². The van der Waals surface area contributed by atoms with Gasteiger partial charge in [-0.05, 0) is 12.1 Å². The lowest BCUT2D eigenvalue weighted by Crippen LogP contribution is -2.00. The van der Waals surface area contributed by atoms with Gasteiger partial charge in [-0.25, -0.2) is 4.39 Å². The highest BCUT2D eigenvalue weighted by Crippen LogP contribution is 2.25. The number of aromatic nitrogens is 2. The Kier molecular flexibility index (Phi) is 3.10. The number of hydrogen-bond acceptors (Lipinski definition) is 5. The van der Waals surface area contributed by atoms with E-state index in [0.717, 1.165) is 0 Å². The first-order chi connectivity index (χ1) is 8.02. The van der Waals surface area contributed by atoms with Gasteiger partial charge in [-0.1, -0.05) is 15.9 Å². The molecule has 0 fully saturated rings. The molecule has 0 aliphatic heterocycles. The van der Waals surface area contributed by atoms with Crippen molar-refractivity contribution in [3.63, 3.8) is 0 Å². The van der Waals surface area contributed by atoms with E-state index >= 15 is 0 Å². The van der Waals surface area contributed by atoms with Crippen LogP contribution in [0.25, 0.3) is 0 Å². The van der Waals surface area contributed by atoms with Gasteiger partial charge in [0.2, 0.25) is 11.8 Å². The minimum atomic E-state index is -0.427. The average Bonchev–Trinajstić information content (AvgIpc) is 2.13. The minimum absolute atomic E-state index is 0.00420. The number of nitrogens with zero attached hydrogens (tertiary/aromatic N) is 2. The van der Waals surface area contributed by atoms with Crippen molar-refractivity contribution in [3.05, 3.63) is 34.6 Å². The van der Waals surface area contributed by atoms with E-state index in [0.29, 0.717) is 4.47 Å². The van der Waals surface area contributed by atoms with E-state index in [2.05, 4.69) is 25.9 Å². The van der Waals surface area contributed by atoms with Gasteiger partial charge in [0.1, 0.15) is 17.4 Å². The summed E-state index contributed by atoms with van der Waals surface area (Å²) in [6.07, 6.45) is 0. The zero-order valence-electron chi connectivity index (χ0n) is 8.52. The summed E-state index contributed by atoms with van der Waals surface area (Å²) in [5.41, 5.74) is 10.9. The van der Waals surface area contributed by atoms with Crippen LogP contribution in [0, 0.1) is 5.82 Å². The summed E-state index contributed by atoms with van der Waals surface area (Å²) >= 11 is 3.15. The van der Waals surface area contributed by atoms with Gasteiger partial charge in [-0.2, -0.15) is 9.97 Å². The Morgan fingerprint density at radius 1 is 1.12 bits per heavy atom. The lowest BCUT2D eigenvalue weighted by molar-refractivity contribution is 0.458. The molecule has 0 unspecified atom stereocenters. The van der Waals surface area contributed by atoms with Crippen molar-refractivity contribution in [1.29, 1.82) is 0 Å². The summed E-state index contributed by atoms with van der Waals surface area (Å²) in [5.74, 6) is 0.199. The Labute approximate surface area is 105 Å². The Hall–Kier alpha value is -1.89. The van der Waals surface area contributed by atoms with Crippen LogP contribution in [0.4, 0.5) is 16.2 Å². The molecule has 17 heavy (non-hydrogen) atoms. The summed E-state index contributed by atoms with van der Waals surface area (Å²) < 4.78 is 19.0.